The van der Waals surface area contributed by atoms with Crippen molar-refractivity contribution in [2.45, 2.75) is 50.6 Å². The Hall–Kier alpha value is -2.78. The molecule has 1 amide bonds. The van der Waals surface area contributed by atoms with Gasteiger partial charge in [-0.25, -0.2) is 0 Å². The molecule has 0 heterocycles. The Labute approximate surface area is 160 Å². The zero-order valence-corrected chi connectivity index (χ0v) is 15.5. The zero-order chi connectivity index (χ0) is 18.9. The van der Waals surface area contributed by atoms with Gasteiger partial charge in [0.05, 0.1) is 6.04 Å². The minimum absolute atomic E-state index is 0.0895. The van der Waals surface area contributed by atoms with Crippen LogP contribution in [0, 0.1) is 5.92 Å². The van der Waals surface area contributed by atoms with Gasteiger partial charge in [0.2, 0.25) is 5.91 Å². The fourth-order valence-electron chi connectivity index (χ4n) is 3.83. The number of nitrogens with zero attached hydrogens (tertiary/aromatic N) is 3. The lowest BCUT2D eigenvalue weighted by molar-refractivity contribution is -0.125. The molecule has 5 nitrogen and oxygen atoms in total. The third-order valence-electron chi connectivity index (χ3n) is 5.30. The Morgan fingerprint density at radius 3 is 2.11 bits per heavy atom. The molecule has 0 aromatic heterocycles. The minimum atomic E-state index is -0.331. The molecule has 1 fully saturated rings. The van der Waals surface area contributed by atoms with E-state index < -0.39 is 0 Å². The summed E-state index contributed by atoms with van der Waals surface area (Å²) in [6.07, 6.45) is 5.39. The Bertz CT molecular complexity index is 765. The van der Waals surface area contributed by atoms with Crippen molar-refractivity contribution in [2.75, 3.05) is 0 Å². The number of benzene rings is 2. The molecule has 0 saturated heterocycles. The van der Waals surface area contributed by atoms with Gasteiger partial charge in [-0.1, -0.05) is 78.6 Å². The predicted molar refractivity (Wildman–Crippen MR) is 107 cm³/mol. The van der Waals surface area contributed by atoms with E-state index in [-0.39, 0.29) is 23.9 Å². The van der Waals surface area contributed by atoms with Crippen molar-refractivity contribution in [3.05, 3.63) is 82.2 Å². The number of carbonyl (C=O) groups excluding carboxylic acids is 1. The van der Waals surface area contributed by atoms with Crippen molar-refractivity contribution in [3.8, 4) is 0 Å². The van der Waals surface area contributed by atoms with Crippen molar-refractivity contribution in [1.29, 1.82) is 0 Å². The van der Waals surface area contributed by atoms with Gasteiger partial charge in [0.1, 0.15) is 0 Å². The fourth-order valence-corrected chi connectivity index (χ4v) is 3.83. The summed E-state index contributed by atoms with van der Waals surface area (Å²) in [6.45, 7) is 0. The number of hydrogen-bond donors (Lipinski definition) is 1. The van der Waals surface area contributed by atoms with Crippen LogP contribution in [0.2, 0.25) is 0 Å². The first-order valence-electron chi connectivity index (χ1n) is 9.68. The summed E-state index contributed by atoms with van der Waals surface area (Å²) in [4.78, 5) is 15.8. The molecule has 140 valence electrons. The van der Waals surface area contributed by atoms with E-state index >= 15 is 0 Å². The highest BCUT2D eigenvalue weighted by Crippen LogP contribution is 2.25. The van der Waals surface area contributed by atoms with Crippen LogP contribution >= 0.6 is 0 Å². The third-order valence-corrected chi connectivity index (χ3v) is 5.30. The molecule has 27 heavy (non-hydrogen) atoms. The van der Waals surface area contributed by atoms with E-state index in [0.717, 1.165) is 36.8 Å². The second-order valence-corrected chi connectivity index (χ2v) is 7.25. The zero-order valence-electron chi connectivity index (χ0n) is 15.5. The molecule has 1 aliphatic carbocycles. The summed E-state index contributed by atoms with van der Waals surface area (Å²) in [5, 5.41) is 7.27. The molecule has 1 saturated carbocycles. The molecule has 1 N–H and O–H groups in total. The van der Waals surface area contributed by atoms with Gasteiger partial charge in [0.15, 0.2) is 0 Å². The topological polar surface area (TPSA) is 77.9 Å². The van der Waals surface area contributed by atoms with Crippen LogP contribution in [0.1, 0.15) is 36.8 Å². The molecular formula is C22H26N4O. The fraction of sp³-hybridized carbons (Fsp3) is 0.409. The van der Waals surface area contributed by atoms with E-state index in [1.54, 1.807) is 0 Å². The van der Waals surface area contributed by atoms with Crippen molar-refractivity contribution in [3.63, 3.8) is 0 Å². The van der Waals surface area contributed by atoms with E-state index in [2.05, 4.69) is 15.3 Å². The van der Waals surface area contributed by atoms with Gasteiger partial charge in [-0.3, -0.25) is 4.79 Å². The summed E-state index contributed by atoms with van der Waals surface area (Å²) < 4.78 is 0. The molecule has 3 rings (SSSR count). The maximum Gasteiger partial charge on any atom is 0.223 e. The number of azide groups is 1. The van der Waals surface area contributed by atoms with Gasteiger partial charge in [-0.2, -0.15) is 0 Å². The Balaban J connectivity index is 1.80. The molecule has 0 aliphatic heterocycles. The van der Waals surface area contributed by atoms with Crippen molar-refractivity contribution < 1.29 is 4.79 Å². The summed E-state index contributed by atoms with van der Waals surface area (Å²) >= 11 is 0. The van der Waals surface area contributed by atoms with Crippen LogP contribution in [0.3, 0.4) is 0 Å². The molecule has 0 spiro atoms. The van der Waals surface area contributed by atoms with E-state index in [0.29, 0.717) is 12.8 Å². The predicted octanol–water partition coefficient (Wildman–Crippen LogP) is 4.83. The van der Waals surface area contributed by atoms with Crippen molar-refractivity contribution in [2.24, 2.45) is 11.0 Å². The molecular weight excluding hydrogens is 336 g/mol. The lowest BCUT2D eigenvalue weighted by Gasteiger charge is -2.26. The first-order chi connectivity index (χ1) is 13.3. The SMILES string of the molecule is [N-]=[N+]=N[C@@H](Cc1ccccc1)[C@H](Cc1ccccc1)NC(=O)C1CCCC1. The summed E-state index contributed by atoms with van der Waals surface area (Å²) in [5.41, 5.74) is 11.3. The summed E-state index contributed by atoms with van der Waals surface area (Å²) in [5.74, 6) is 0.186. The van der Waals surface area contributed by atoms with Gasteiger partial charge in [-0.05, 0) is 42.3 Å². The van der Waals surface area contributed by atoms with Crippen LogP contribution in [0.5, 0.6) is 0 Å². The van der Waals surface area contributed by atoms with Crippen LogP contribution in [-0.2, 0) is 17.6 Å². The molecule has 5 heteroatoms. The standard InChI is InChI=1S/C22H26N4O/c23-26-25-21(16-18-11-5-2-6-12-18)20(15-17-9-3-1-4-10-17)24-22(27)19-13-7-8-14-19/h1-6,9-12,19-21H,7-8,13-16H2,(H,24,27)/t20-,21-/m0/s1. The highest BCUT2D eigenvalue weighted by atomic mass is 16.2. The monoisotopic (exact) mass is 362 g/mol. The van der Waals surface area contributed by atoms with Gasteiger partial charge >= 0.3 is 0 Å². The average molecular weight is 362 g/mol. The first kappa shape index (κ1) is 19.0. The van der Waals surface area contributed by atoms with E-state index in [4.69, 9.17) is 5.53 Å². The van der Waals surface area contributed by atoms with Gasteiger partial charge in [-0.15, -0.1) is 0 Å². The second kappa shape index (κ2) is 9.79. The Morgan fingerprint density at radius 1 is 1.00 bits per heavy atom. The number of carbonyl (C=O) groups is 1. The summed E-state index contributed by atoms with van der Waals surface area (Å²) in [7, 11) is 0. The van der Waals surface area contributed by atoms with Crippen LogP contribution in [-0.4, -0.2) is 18.0 Å². The molecule has 0 bridgehead atoms. The molecule has 2 atom stereocenters. The minimum Gasteiger partial charge on any atom is -0.352 e. The highest BCUT2D eigenvalue weighted by molar-refractivity contribution is 5.79. The van der Waals surface area contributed by atoms with Gasteiger partial charge in [0.25, 0.3) is 0 Å². The number of nitrogens with one attached hydrogen (secondary N) is 1. The Morgan fingerprint density at radius 2 is 1.56 bits per heavy atom. The molecule has 1 aliphatic rings. The van der Waals surface area contributed by atoms with Crippen LogP contribution < -0.4 is 5.32 Å². The van der Waals surface area contributed by atoms with Gasteiger partial charge < -0.3 is 5.32 Å². The van der Waals surface area contributed by atoms with E-state index in [9.17, 15) is 4.79 Å². The van der Waals surface area contributed by atoms with Gasteiger partial charge in [0, 0.05) is 16.9 Å². The largest absolute Gasteiger partial charge is 0.352 e. The molecule has 0 radical (unpaired) electrons. The molecule has 0 unspecified atom stereocenters. The lowest BCUT2D eigenvalue weighted by atomic mass is 9.93. The van der Waals surface area contributed by atoms with Crippen LogP contribution in [0.25, 0.3) is 10.4 Å². The van der Waals surface area contributed by atoms with Crippen LogP contribution in [0.15, 0.2) is 65.8 Å². The number of rotatable bonds is 8. The maximum absolute atomic E-state index is 12.8. The lowest BCUT2D eigenvalue weighted by Crippen LogP contribution is -2.46. The maximum atomic E-state index is 12.8. The van der Waals surface area contributed by atoms with Crippen molar-refractivity contribution in [1.82, 2.24) is 5.32 Å². The smallest absolute Gasteiger partial charge is 0.223 e. The first-order valence-corrected chi connectivity index (χ1v) is 9.68. The van der Waals surface area contributed by atoms with E-state index in [1.807, 2.05) is 60.7 Å². The van der Waals surface area contributed by atoms with Crippen LogP contribution in [0.4, 0.5) is 0 Å². The normalized spacial score (nSPS) is 16.3. The number of hydrogen-bond acceptors (Lipinski definition) is 2. The second-order valence-electron chi connectivity index (χ2n) is 7.25. The van der Waals surface area contributed by atoms with Crippen molar-refractivity contribution >= 4 is 5.91 Å². The third kappa shape index (κ3) is 5.60. The molecule has 2 aromatic rings. The van der Waals surface area contributed by atoms with E-state index in [1.165, 1.54) is 0 Å². The highest BCUT2D eigenvalue weighted by Gasteiger charge is 2.28. The molecule has 2 aromatic carbocycles. The average Bonchev–Trinajstić information content (AvgIpc) is 3.24. The quantitative estimate of drug-likeness (QED) is 0.408. The Kier molecular flexibility index (Phi) is 6.89. The summed E-state index contributed by atoms with van der Waals surface area (Å²) in [6, 6.07) is 19.5. The number of amides is 1.